The lowest BCUT2D eigenvalue weighted by Crippen LogP contribution is -2.58. The lowest BCUT2D eigenvalue weighted by atomic mass is 9.98. The smallest absolute Gasteiger partial charge is 0.176 e. The molecule has 0 amide bonds. The molecule has 2 N–H and O–H groups in total. The molecule has 3 aliphatic rings. The molecule has 2 unspecified atom stereocenters. The van der Waals surface area contributed by atoms with E-state index in [0.29, 0.717) is 0 Å². The highest BCUT2D eigenvalue weighted by Crippen LogP contribution is 2.45. The van der Waals surface area contributed by atoms with Gasteiger partial charge in [-0.25, -0.2) is 9.78 Å². The first-order chi connectivity index (χ1) is 7.05. The van der Waals surface area contributed by atoms with E-state index in [1.165, 1.54) is 18.2 Å². The summed E-state index contributed by atoms with van der Waals surface area (Å²) in [5, 5.41) is 30.2. The van der Waals surface area contributed by atoms with E-state index in [4.69, 9.17) is 5.73 Å². The first kappa shape index (κ1) is 8.74. The number of nitrogens with two attached hydrogens (primary N) is 1. The molecule has 7 heteroatoms. The maximum atomic E-state index is 11.9. The van der Waals surface area contributed by atoms with Crippen LogP contribution in [0.3, 0.4) is 0 Å². The van der Waals surface area contributed by atoms with Gasteiger partial charge in [-0.2, -0.15) is 10.2 Å². The zero-order valence-electron chi connectivity index (χ0n) is 7.34. The van der Waals surface area contributed by atoms with E-state index in [9.17, 15) is 10.2 Å². The Kier molecular flexibility index (Phi) is 1.36. The average Bonchev–Trinajstić information content (AvgIpc) is 2.22. The molecule has 3 heterocycles. The van der Waals surface area contributed by atoms with Gasteiger partial charge in [0.25, 0.3) is 0 Å². The lowest BCUT2D eigenvalue weighted by molar-refractivity contribution is -0.730. The van der Waals surface area contributed by atoms with Crippen LogP contribution in [0.25, 0.3) is 0 Å². The van der Waals surface area contributed by atoms with Gasteiger partial charge in [0, 0.05) is 16.8 Å². The van der Waals surface area contributed by atoms with Crippen LogP contribution in [0, 0.1) is 0 Å². The largest absolute Gasteiger partial charge is 0.803 e. The first-order valence-corrected chi connectivity index (χ1v) is 4.16. The van der Waals surface area contributed by atoms with Crippen LogP contribution in [0.1, 0.15) is 11.1 Å². The van der Waals surface area contributed by atoms with Crippen molar-refractivity contribution in [1.29, 1.82) is 0 Å². The predicted molar refractivity (Wildman–Crippen MR) is 41.2 cm³/mol. The lowest BCUT2D eigenvalue weighted by Gasteiger charge is -2.52. The molecule has 0 spiro atoms. The van der Waals surface area contributed by atoms with Crippen LogP contribution < -0.4 is 15.9 Å². The Morgan fingerprint density at radius 2 is 1.80 bits per heavy atom. The molecule has 4 rings (SSSR count). The fourth-order valence-electron chi connectivity index (χ4n) is 1.65. The third-order valence-corrected chi connectivity index (χ3v) is 2.33. The summed E-state index contributed by atoms with van der Waals surface area (Å²) in [5.41, 5.74) is 5.78. The Balaban J connectivity index is 2.38. The summed E-state index contributed by atoms with van der Waals surface area (Å²) >= 11 is 0. The fourth-order valence-corrected chi connectivity index (χ4v) is 1.65. The molecule has 0 radical (unpaired) electrons. The number of hydrogen-bond donors (Lipinski definition) is 1. The molecule has 15 heavy (non-hydrogen) atoms. The van der Waals surface area contributed by atoms with E-state index in [1.807, 2.05) is 0 Å². The Hall–Kier alpha value is -1.54. The molecule has 0 aromatic heterocycles. The van der Waals surface area contributed by atoms with E-state index >= 15 is 0 Å². The summed E-state index contributed by atoms with van der Waals surface area (Å²) in [6, 6.07) is 4.45. The molecule has 78 valence electrons. The number of nitrogens with zero attached hydrogens (tertiary/aromatic N) is 2. The van der Waals surface area contributed by atoms with E-state index < -0.39 is 11.8 Å². The fraction of sp³-hybridized carbons (Fsp3) is 0.250. The van der Waals surface area contributed by atoms with Crippen molar-refractivity contribution in [1.82, 2.24) is 0 Å². The number of hydrogen-bond acceptors (Lipinski definition) is 7. The van der Waals surface area contributed by atoms with Gasteiger partial charge in [0.15, 0.2) is 11.8 Å². The Morgan fingerprint density at radius 3 is 2.40 bits per heavy atom. The maximum Gasteiger partial charge on any atom is 0.176 e. The van der Waals surface area contributed by atoms with Gasteiger partial charge in [-0.05, 0) is 6.07 Å². The van der Waals surface area contributed by atoms with Gasteiger partial charge in [0.05, 0.1) is 0 Å². The highest BCUT2D eigenvalue weighted by atomic mass is 17.3. The standard InChI is InChI=1S/C8H5N3O4/c9-5-3-1-2-4-6(5)8(13)11-10-7(4,12)14-15-8/h1-3H,9H2/q-2. The minimum absolute atomic E-state index is 0.0127. The van der Waals surface area contributed by atoms with Crippen molar-refractivity contribution in [2.45, 2.75) is 11.8 Å². The van der Waals surface area contributed by atoms with E-state index in [0.717, 1.165) is 0 Å². The predicted octanol–water partition coefficient (Wildman–Crippen LogP) is -1.36. The van der Waals surface area contributed by atoms with Crippen LogP contribution in [-0.2, 0) is 21.6 Å². The Morgan fingerprint density at radius 1 is 1.13 bits per heavy atom. The summed E-state index contributed by atoms with van der Waals surface area (Å²) in [7, 11) is 0. The van der Waals surface area contributed by atoms with Crippen molar-refractivity contribution >= 4 is 5.69 Å². The number of anilines is 1. The topological polar surface area (TPSA) is 115 Å². The summed E-state index contributed by atoms with van der Waals surface area (Å²) < 4.78 is 0. The minimum atomic E-state index is -2.35. The second-order valence-electron chi connectivity index (χ2n) is 3.30. The summed E-state index contributed by atoms with van der Waals surface area (Å²) in [4.78, 5) is 8.73. The number of azo groups is 1. The molecule has 7 nitrogen and oxygen atoms in total. The van der Waals surface area contributed by atoms with Gasteiger partial charge in [-0.1, -0.05) is 12.1 Å². The summed E-state index contributed by atoms with van der Waals surface area (Å²) in [6.45, 7) is 0. The molecule has 1 aromatic rings. The second-order valence-corrected chi connectivity index (χ2v) is 3.30. The Bertz CT molecular complexity index is 477. The minimum Gasteiger partial charge on any atom is -0.803 e. The zero-order chi connectivity index (χ0) is 10.7. The molecule has 0 fully saturated rings. The highest BCUT2D eigenvalue weighted by Gasteiger charge is 2.44. The summed E-state index contributed by atoms with van der Waals surface area (Å²) in [5.74, 6) is -4.66. The van der Waals surface area contributed by atoms with Gasteiger partial charge >= 0.3 is 0 Å². The number of nitrogen functional groups attached to an aromatic ring is 1. The molecular formula is C8H5N3O4-2. The molecule has 0 aliphatic carbocycles. The molecule has 3 aliphatic heterocycles. The third kappa shape index (κ3) is 0.922. The van der Waals surface area contributed by atoms with Crippen molar-refractivity contribution in [3.63, 3.8) is 0 Å². The van der Waals surface area contributed by atoms with E-state index in [2.05, 4.69) is 20.0 Å². The van der Waals surface area contributed by atoms with E-state index in [1.54, 1.807) is 0 Å². The SMILES string of the molecule is Nc1cccc2c1C1([O-])N=NC2([O-])OO1. The normalized spacial score (nSPS) is 36.7. The van der Waals surface area contributed by atoms with Crippen LogP contribution in [0.15, 0.2) is 28.4 Å². The summed E-state index contributed by atoms with van der Waals surface area (Å²) in [6.07, 6.45) is 0. The monoisotopic (exact) mass is 207 g/mol. The third-order valence-electron chi connectivity index (χ3n) is 2.33. The molecule has 2 bridgehead atoms. The number of benzene rings is 1. The first-order valence-electron chi connectivity index (χ1n) is 4.16. The van der Waals surface area contributed by atoms with Crippen LogP contribution in [0.5, 0.6) is 0 Å². The molecular weight excluding hydrogens is 202 g/mol. The van der Waals surface area contributed by atoms with Gasteiger partial charge in [0.2, 0.25) is 0 Å². The quantitative estimate of drug-likeness (QED) is 0.416. The highest BCUT2D eigenvalue weighted by molar-refractivity contribution is 5.55. The van der Waals surface area contributed by atoms with Crippen LogP contribution in [0.2, 0.25) is 0 Å². The zero-order valence-corrected chi connectivity index (χ0v) is 7.34. The van der Waals surface area contributed by atoms with Crippen LogP contribution in [0.4, 0.5) is 5.69 Å². The van der Waals surface area contributed by atoms with E-state index in [-0.39, 0.29) is 16.8 Å². The van der Waals surface area contributed by atoms with Gasteiger partial charge in [-0.3, -0.25) is 0 Å². The number of rotatable bonds is 0. The van der Waals surface area contributed by atoms with Crippen LogP contribution in [-0.4, -0.2) is 0 Å². The molecule has 1 aromatic carbocycles. The van der Waals surface area contributed by atoms with Gasteiger partial charge < -0.3 is 15.9 Å². The molecule has 0 saturated heterocycles. The molecule has 0 saturated carbocycles. The van der Waals surface area contributed by atoms with Gasteiger partial charge in [0.1, 0.15) is 0 Å². The van der Waals surface area contributed by atoms with Crippen molar-refractivity contribution in [2.24, 2.45) is 10.2 Å². The van der Waals surface area contributed by atoms with Crippen molar-refractivity contribution in [3.05, 3.63) is 29.3 Å². The van der Waals surface area contributed by atoms with Gasteiger partial charge in [-0.15, -0.1) is 0 Å². The maximum absolute atomic E-state index is 11.9. The number of fused-ring (bicyclic) bond motifs is 1. The Labute approximate surface area is 83.7 Å². The van der Waals surface area contributed by atoms with Crippen molar-refractivity contribution < 1.29 is 20.0 Å². The van der Waals surface area contributed by atoms with Crippen molar-refractivity contribution in [2.75, 3.05) is 5.73 Å². The second kappa shape index (κ2) is 2.34. The molecule has 2 atom stereocenters. The van der Waals surface area contributed by atoms with Crippen LogP contribution >= 0.6 is 0 Å². The average molecular weight is 207 g/mol. The van der Waals surface area contributed by atoms with Crippen molar-refractivity contribution in [3.8, 4) is 0 Å².